The molecule has 1 spiro atoms. The lowest BCUT2D eigenvalue weighted by molar-refractivity contribution is -0.138. The van der Waals surface area contributed by atoms with Crippen LogP contribution >= 0.6 is 0 Å². The third kappa shape index (κ3) is 1.69. The molecule has 0 aromatic carbocycles. The SMILES string of the molecule is CC1CC2=CC(=N)CC[C@@H]2C2CC[C@@]3(C)C(C4CC4[C@@]34C=CCO4)C12. The smallest absolute Gasteiger partial charge is 0.0954 e. The van der Waals surface area contributed by atoms with Crippen molar-refractivity contribution in [2.75, 3.05) is 6.61 Å². The summed E-state index contributed by atoms with van der Waals surface area (Å²) in [6.07, 6.45) is 14.7. The summed E-state index contributed by atoms with van der Waals surface area (Å²) in [5, 5.41) is 8.11. The Bertz CT molecular complexity index is 707. The molecule has 4 saturated carbocycles. The fraction of sp³-hybridized carbons (Fsp3) is 0.783. The van der Waals surface area contributed by atoms with Gasteiger partial charge in [0.25, 0.3) is 0 Å². The molecule has 6 aliphatic rings. The largest absolute Gasteiger partial charge is 0.366 e. The van der Waals surface area contributed by atoms with Crippen molar-refractivity contribution in [2.45, 2.75) is 58.0 Å². The number of rotatable bonds is 0. The van der Waals surface area contributed by atoms with Crippen LogP contribution in [-0.4, -0.2) is 17.9 Å². The van der Waals surface area contributed by atoms with Gasteiger partial charge in [0, 0.05) is 11.1 Å². The lowest BCUT2D eigenvalue weighted by Gasteiger charge is -2.59. The topological polar surface area (TPSA) is 33.1 Å². The molecule has 0 amide bonds. The predicted molar refractivity (Wildman–Crippen MR) is 99.5 cm³/mol. The summed E-state index contributed by atoms with van der Waals surface area (Å²) in [6, 6.07) is 0. The molecular formula is C23H31NO. The van der Waals surface area contributed by atoms with E-state index in [0.29, 0.717) is 5.41 Å². The van der Waals surface area contributed by atoms with E-state index in [4.69, 9.17) is 10.1 Å². The Balaban J connectivity index is 1.41. The van der Waals surface area contributed by atoms with E-state index in [-0.39, 0.29) is 5.60 Å². The quantitative estimate of drug-likeness (QED) is 0.620. The molecule has 6 rings (SSSR count). The highest BCUT2D eigenvalue weighted by Gasteiger charge is 2.76. The van der Waals surface area contributed by atoms with Crippen molar-refractivity contribution in [3.63, 3.8) is 0 Å². The van der Waals surface area contributed by atoms with E-state index in [0.717, 1.165) is 60.2 Å². The minimum absolute atomic E-state index is 0.0812. The van der Waals surface area contributed by atoms with E-state index in [1.807, 2.05) is 0 Å². The molecule has 1 heterocycles. The van der Waals surface area contributed by atoms with E-state index in [9.17, 15) is 0 Å². The zero-order valence-corrected chi connectivity index (χ0v) is 15.6. The summed E-state index contributed by atoms with van der Waals surface area (Å²) < 4.78 is 6.51. The molecule has 2 nitrogen and oxygen atoms in total. The van der Waals surface area contributed by atoms with Crippen LogP contribution in [0, 0.1) is 52.2 Å². The molecule has 134 valence electrons. The van der Waals surface area contributed by atoms with Crippen molar-refractivity contribution in [3.8, 4) is 0 Å². The fourth-order valence-electron chi connectivity index (χ4n) is 8.65. The van der Waals surface area contributed by atoms with E-state index >= 15 is 0 Å². The van der Waals surface area contributed by atoms with Crippen LogP contribution in [0.15, 0.2) is 23.8 Å². The Kier molecular flexibility index (Phi) is 2.85. The zero-order chi connectivity index (χ0) is 17.0. The normalized spacial score (nSPS) is 58.4. The van der Waals surface area contributed by atoms with Gasteiger partial charge in [-0.05, 0) is 86.0 Å². The summed E-state index contributed by atoms with van der Waals surface area (Å²) in [6.45, 7) is 5.95. The van der Waals surface area contributed by atoms with Gasteiger partial charge in [-0.15, -0.1) is 0 Å². The van der Waals surface area contributed by atoms with E-state index in [1.54, 1.807) is 5.57 Å². The first kappa shape index (κ1) is 15.2. The summed E-state index contributed by atoms with van der Waals surface area (Å²) in [7, 11) is 0. The monoisotopic (exact) mass is 337 g/mol. The lowest BCUT2D eigenvalue weighted by Crippen LogP contribution is -2.56. The van der Waals surface area contributed by atoms with Crippen LogP contribution in [0.3, 0.4) is 0 Å². The maximum absolute atomic E-state index is 8.11. The average molecular weight is 338 g/mol. The first-order valence-corrected chi connectivity index (χ1v) is 10.6. The number of ether oxygens (including phenoxy) is 1. The maximum Gasteiger partial charge on any atom is 0.0954 e. The van der Waals surface area contributed by atoms with Crippen molar-refractivity contribution >= 4 is 5.71 Å². The first-order valence-electron chi connectivity index (χ1n) is 10.6. The summed E-state index contributed by atoms with van der Waals surface area (Å²) in [4.78, 5) is 0. The van der Waals surface area contributed by atoms with Gasteiger partial charge >= 0.3 is 0 Å². The van der Waals surface area contributed by atoms with Crippen LogP contribution in [0.1, 0.15) is 52.4 Å². The highest BCUT2D eigenvalue weighted by Crippen LogP contribution is 2.78. The molecule has 1 N–H and O–H groups in total. The van der Waals surface area contributed by atoms with Crippen LogP contribution in [-0.2, 0) is 4.74 Å². The van der Waals surface area contributed by atoms with Crippen molar-refractivity contribution in [2.24, 2.45) is 46.8 Å². The molecule has 0 aromatic rings. The summed E-state index contributed by atoms with van der Waals surface area (Å²) in [5.74, 6) is 5.94. The Hall–Kier alpha value is -0.890. The molecule has 6 unspecified atom stereocenters. The van der Waals surface area contributed by atoms with Gasteiger partial charge in [0.1, 0.15) is 0 Å². The van der Waals surface area contributed by atoms with E-state index < -0.39 is 0 Å². The molecule has 25 heavy (non-hydrogen) atoms. The van der Waals surface area contributed by atoms with Gasteiger partial charge in [-0.1, -0.05) is 31.6 Å². The highest BCUT2D eigenvalue weighted by atomic mass is 16.5. The van der Waals surface area contributed by atoms with Crippen molar-refractivity contribution < 1.29 is 4.74 Å². The number of nitrogens with one attached hydrogen (secondary N) is 1. The van der Waals surface area contributed by atoms with Crippen molar-refractivity contribution in [1.82, 2.24) is 0 Å². The Morgan fingerprint density at radius 3 is 2.92 bits per heavy atom. The minimum atomic E-state index is 0.0812. The molecule has 2 heteroatoms. The number of hydrogen-bond acceptors (Lipinski definition) is 2. The molecule has 0 saturated heterocycles. The molecule has 9 atom stereocenters. The second-order valence-corrected chi connectivity index (χ2v) is 10.3. The molecule has 5 aliphatic carbocycles. The summed E-state index contributed by atoms with van der Waals surface area (Å²) in [5.41, 5.74) is 2.96. The molecule has 0 aromatic heterocycles. The van der Waals surface area contributed by atoms with Crippen LogP contribution in [0.25, 0.3) is 0 Å². The fourth-order valence-corrected chi connectivity index (χ4v) is 8.65. The van der Waals surface area contributed by atoms with Gasteiger partial charge in [-0.2, -0.15) is 0 Å². The molecule has 0 radical (unpaired) electrons. The van der Waals surface area contributed by atoms with Crippen LogP contribution in [0.5, 0.6) is 0 Å². The van der Waals surface area contributed by atoms with Gasteiger partial charge in [-0.25, -0.2) is 0 Å². The number of hydrogen-bond donors (Lipinski definition) is 1. The maximum atomic E-state index is 8.11. The van der Waals surface area contributed by atoms with Gasteiger partial charge in [-0.3, -0.25) is 0 Å². The van der Waals surface area contributed by atoms with Crippen molar-refractivity contribution in [1.29, 1.82) is 5.41 Å². The predicted octanol–water partition coefficient (Wildman–Crippen LogP) is 5.01. The van der Waals surface area contributed by atoms with Gasteiger partial charge < -0.3 is 10.1 Å². The average Bonchev–Trinajstić information content (AvgIpc) is 3.15. The highest BCUT2D eigenvalue weighted by molar-refractivity contribution is 5.93. The Labute approximate surface area is 151 Å². The molecule has 4 fully saturated rings. The van der Waals surface area contributed by atoms with Crippen LogP contribution in [0.2, 0.25) is 0 Å². The van der Waals surface area contributed by atoms with E-state index in [1.165, 1.54) is 32.1 Å². The standard InChI is InChI=1S/C23H31NO/c1-13-10-14-11-15(24)4-5-16(14)17-6-8-22(2)21(20(13)17)18-12-19(18)23(22)7-3-9-25-23/h3,7,11,13,16-21,24H,4-6,8-10,12H2,1-2H3/t13?,16-,17?,18?,19?,20?,21?,22-,23-/m0/s1. The third-order valence-corrected chi connectivity index (χ3v) is 9.46. The Morgan fingerprint density at radius 1 is 1.24 bits per heavy atom. The van der Waals surface area contributed by atoms with Crippen LogP contribution < -0.4 is 0 Å². The van der Waals surface area contributed by atoms with Gasteiger partial charge in [0.2, 0.25) is 0 Å². The second kappa shape index (κ2) is 4.68. The first-order chi connectivity index (χ1) is 12.1. The van der Waals surface area contributed by atoms with Gasteiger partial charge in [0.15, 0.2) is 0 Å². The van der Waals surface area contributed by atoms with Crippen molar-refractivity contribution in [3.05, 3.63) is 23.8 Å². The molecule has 0 bridgehead atoms. The zero-order valence-electron chi connectivity index (χ0n) is 15.6. The molecular weight excluding hydrogens is 306 g/mol. The molecule has 1 aliphatic heterocycles. The minimum Gasteiger partial charge on any atom is -0.366 e. The van der Waals surface area contributed by atoms with Crippen LogP contribution in [0.4, 0.5) is 0 Å². The number of fused-ring (bicyclic) bond motifs is 9. The second-order valence-electron chi connectivity index (χ2n) is 10.3. The third-order valence-electron chi connectivity index (χ3n) is 9.46. The van der Waals surface area contributed by atoms with Gasteiger partial charge in [0.05, 0.1) is 12.2 Å². The Morgan fingerprint density at radius 2 is 2.12 bits per heavy atom. The summed E-state index contributed by atoms with van der Waals surface area (Å²) >= 11 is 0. The van der Waals surface area contributed by atoms with E-state index in [2.05, 4.69) is 32.1 Å². The number of allylic oxidation sites excluding steroid dienone is 2. The lowest BCUT2D eigenvalue weighted by atomic mass is 9.47.